The maximum atomic E-state index is 11.8. The zero-order chi connectivity index (χ0) is 25.7. The van der Waals surface area contributed by atoms with E-state index in [1.807, 2.05) is 0 Å². The smallest absolute Gasteiger partial charge is 0.304 e. The lowest BCUT2D eigenvalue weighted by atomic mass is 9.90. The van der Waals surface area contributed by atoms with Gasteiger partial charge in [0.2, 0.25) is 0 Å². The molecule has 0 rings (SSSR count). The van der Waals surface area contributed by atoms with Crippen molar-refractivity contribution < 1.29 is 19.8 Å². The van der Waals surface area contributed by atoms with E-state index in [1.54, 1.807) is 21.6 Å². The molecule has 0 aliphatic rings. The van der Waals surface area contributed by atoms with Crippen molar-refractivity contribution in [3.05, 3.63) is 0 Å². The third-order valence-corrected chi connectivity index (χ3v) is 9.92. The first-order chi connectivity index (χ1) is 16.3. The van der Waals surface area contributed by atoms with Crippen molar-refractivity contribution >= 4 is 33.5 Å². The quantitative estimate of drug-likeness (QED) is 0.102. The molecule has 0 spiro atoms. The zero-order valence-electron chi connectivity index (χ0n) is 22.4. The topological polar surface area (TPSA) is 81.1 Å². The number of unbranched alkanes of at least 4 members (excludes halogenated alkanes) is 6. The molecular formula is C26H52N2O4S2. The van der Waals surface area contributed by atoms with Gasteiger partial charge in [0.25, 0.3) is 0 Å². The SMILES string of the molecule is CCN(CC)CCCCCCC(CCCCCCN(CC)CC)(CC(=O)O)SSCCC(=O)O. The van der Waals surface area contributed by atoms with E-state index < -0.39 is 11.9 Å². The Morgan fingerprint density at radius 2 is 1.12 bits per heavy atom. The molecule has 0 amide bonds. The summed E-state index contributed by atoms with van der Waals surface area (Å²) >= 11 is 0. The molecule has 202 valence electrons. The first-order valence-corrected chi connectivity index (χ1v) is 15.8. The van der Waals surface area contributed by atoms with Crippen LogP contribution in [0.3, 0.4) is 0 Å². The predicted octanol–water partition coefficient (Wildman–Crippen LogP) is 6.64. The molecule has 0 aromatic heterocycles. The average Bonchev–Trinajstić information content (AvgIpc) is 2.80. The average molecular weight is 521 g/mol. The van der Waals surface area contributed by atoms with Gasteiger partial charge >= 0.3 is 11.9 Å². The highest BCUT2D eigenvalue weighted by molar-refractivity contribution is 8.77. The Bertz CT molecular complexity index is 491. The standard InChI is InChI=1S/C26H52N2O4S2/c1-5-27(6-2)20-15-11-9-13-18-26(23-25(31)32,34-33-22-17-24(29)30)19-14-10-12-16-21-28(7-3)8-4/h5-23H2,1-4H3,(H,29,30)(H,31,32). The van der Waals surface area contributed by atoms with Crippen molar-refractivity contribution in [2.75, 3.05) is 45.0 Å². The molecule has 0 unspecified atom stereocenters. The van der Waals surface area contributed by atoms with E-state index >= 15 is 0 Å². The van der Waals surface area contributed by atoms with E-state index in [1.165, 1.54) is 25.7 Å². The van der Waals surface area contributed by atoms with Crippen LogP contribution in [-0.4, -0.2) is 81.7 Å². The van der Waals surface area contributed by atoms with Gasteiger partial charge in [0.15, 0.2) is 0 Å². The zero-order valence-corrected chi connectivity index (χ0v) is 24.0. The molecule has 34 heavy (non-hydrogen) atoms. The van der Waals surface area contributed by atoms with Gasteiger partial charge < -0.3 is 20.0 Å². The van der Waals surface area contributed by atoms with Crippen molar-refractivity contribution in [3.8, 4) is 0 Å². The Balaban J connectivity index is 4.73. The van der Waals surface area contributed by atoms with Crippen LogP contribution >= 0.6 is 21.6 Å². The molecule has 2 N–H and O–H groups in total. The van der Waals surface area contributed by atoms with Crippen molar-refractivity contribution in [2.24, 2.45) is 0 Å². The van der Waals surface area contributed by atoms with Crippen LogP contribution < -0.4 is 0 Å². The summed E-state index contributed by atoms with van der Waals surface area (Å²) in [5.74, 6) is -1.01. The third kappa shape index (κ3) is 17.9. The van der Waals surface area contributed by atoms with Gasteiger partial charge in [-0.3, -0.25) is 9.59 Å². The molecule has 0 aliphatic carbocycles. The molecule has 0 fully saturated rings. The molecule has 0 aromatic rings. The van der Waals surface area contributed by atoms with E-state index in [2.05, 4.69) is 37.5 Å². The summed E-state index contributed by atoms with van der Waals surface area (Å²) in [7, 11) is 3.19. The first kappa shape index (κ1) is 33.6. The van der Waals surface area contributed by atoms with E-state index in [9.17, 15) is 14.7 Å². The summed E-state index contributed by atoms with van der Waals surface area (Å²) in [5, 5.41) is 18.6. The van der Waals surface area contributed by atoms with Gasteiger partial charge in [0, 0.05) is 10.5 Å². The van der Waals surface area contributed by atoms with Crippen LogP contribution in [0, 0.1) is 0 Å². The molecule has 0 atom stereocenters. The van der Waals surface area contributed by atoms with Crippen molar-refractivity contribution in [3.63, 3.8) is 0 Å². The molecular weight excluding hydrogens is 468 g/mol. The minimum Gasteiger partial charge on any atom is -0.481 e. The molecule has 0 saturated heterocycles. The van der Waals surface area contributed by atoms with Crippen LogP contribution in [-0.2, 0) is 9.59 Å². The molecule has 0 aliphatic heterocycles. The monoisotopic (exact) mass is 520 g/mol. The van der Waals surface area contributed by atoms with E-state index in [-0.39, 0.29) is 17.6 Å². The molecule has 0 bridgehead atoms. The number of carboxylic acids is 2. The number of aliphatic carboxylic acids is 2. The number of hydrogen-bond donors (Lipinski definition) is 2. The summed E-state index contributed by atoms with van der Waals surface area (Å²) in [6.07, 6.45) is 11.2. The summed E-state index contributed by atoms with van der Waals surface area (Å²) in [6.45, 7) is 15.5. The maximum Gasteiger partial charge on any atom is 0.304 e. The van der Waals surface area contributed by atoms with Gasteiger partial charge in [0.05, 0.1) is 12.8 Å². The summed E-state index contributed by atoms with van der Waals surface area (Å²) in [6, 6.07) is 0. The number of rotatable bonds is 25. The molecule has 0 saturated carbocycles. The second-order valence-corrected chi connectivity index (χ2v) is 12.1. The number of carboxylic acid groups (broad SMARTS) is 2. The van der Waals surface area contributed by atoms with Crippen LogP contribution in [0.2, 0.25) is 0 Å². The Labute approximate surface area is 217 Å². The van der Waals surface area contributed by atoms with Crippen molar-refractivity contribution in [2.45, 2.75) is 109 Å². The van der Waals surface area contributed by atoms with Crippen molar-refractivity contribution in [1.82, 2.24) is 9.80 Å². The second kappa shape index (κ2) is 21.8. The molecule has 8 heteroatoms. The van der Waals surface area contributed by atoms with E-state index in [4.69, 9.17) is 5.11 Å². The fourth-order valence-corrected chi connectivity index (χ4v) is 7.49. The van der Waals surface area contributed by atoms with Crippen LogP contribution in [0.1, 0.15) is 105 Å². The Kier molecular flexibility index (Phi) is 21.5. The second-order valence-electron chi connectivity index (χ2n) is 9.18. The van der Waals surface area contributed by atoms with Crippen LogP contribution in [0.15, 0.2) is 0 Å². The normalized spacial score (nSPS) is 12.1. The lowest BCUT2D eigenvalue weighted by Crippen LogP contribution is -2.28. The lowest BCUT2D eigenvalue weighted by Gasteiger charge is -2.32. The molecule has 0 heterocycles. The van der Waals surface area contributed by atoms with Crippen LogP contribution in [0.25, 0.3) is 0 Å². The number of nitrogens with zero attached hydrogens (tertiary/aromatic N) is 2. The highest BCUT2D eigenvalue weighted by Gasteiger charge is 2.33. The fourth-order valence-electron chi connectivity index (χ4n) is 4.34. The van der Waals surface area contributed by atoms with Gasteiger partial charge in [-0.1, -0.05) is 87.8 Å². The van der Waals surface area contributed by atoms with Gasteiger partial charge in [-0.15, -0.1) is 0 Å². The highest BCUT2D eigenvalue weighted by atomic mass is 33.1. The van der Waals surface area contributed by atoms with E-state index in [0.717, 1.165) is 77.8 Å². The minimum atomic E-state index is -0.793. The molecule has 0 radical (unpaired) electrons. The highest BCUT2D eigenvalue weighted by Crippen LogP contribution is 2.46. The minimum absolute atomic E-state index is 0.123. The Morgan fingerprint density at radius 1 is 0.676 bits per heavy atom. The molecule has 6 nitrogen and oxygen atoms in total. The van der Waals surface area contributed by atoms with Gasteiger partial charge in [0.1, 0.15) is 0 Å². The van der Waals surface area contributed by atoms with E-state index in [0.29, 0.717) is 5.75 Å². The summed E-state index contributed by atoms with van der Waals surface area (Å²) in [5.41, 5.74) is 0. The summed E-state index contributed by atoms with van der Waals surface area (Å²) < 4.78 is -0.299. The predicted molar refractivity (Wildman–Crippen MR) is 149 cm³/mol. The van der Waals surface area contributed by atoms with Gasteiger partial charge in [-0.25, -0.2) is 0 Å². The third-order valence-electron chi connectivity index (χ3n) is 6.61. The largest absolute Gasteiger partial charge is 0.481 e. The summed E-state index contributed by atoms with van der Waals surface area (Å²) in [4.78, 5) is 27.6. The first-order valence-electron chi connectivity index (χ1n) is 13.5. The maximum absolute atomic E-state index is 11.8. The number of hydrogen-bond acceptors (Lipinski definition) is 6. The lowest BCUT2D eigenvalue weighted by molar-refractivity contribution is -0.138. The van der Waals surface area contributed by atoms with Gasteiger partial charge in [-0.2, -0.15) is 0 Å². The Hall–Kier alpha value is -0.440. The van der Waals surface area contributed by atoms with Gasteiger partial charge in [-0.05, 0) is 65.0 Å². The number of carbonyl (C=O) groups is 2. The molecule has 0 aromatic carbocycles. The van der Waals surface area contributed by atoms with Crippen molar-refractivity contribution in [1.29, 1.82) is 0 Å². The van der Waals surface area contributed by atoms with Crippen LogP contribution in [0.5, 0.6) is 0 Å². The Morgan fingerprint density at radius 3 is 1.50 bits per heavy atom. The van der Waals surface area contributed by atoms with Crippen LogP contribution in [0.4, 0.5) is 0 Å². The fraction of sp³-hybridized carbons (Fsp3) is 0.923.